The molecule has 7 heteroatoms. The van der Waals surface area contributed by atoms with Crippen molar-refractivity contribution in [3.63, 3.8) is 0 Å². The lowest BCUT2D eigenvalue weighted by Crippen LogP contribution is -2.41. The average Bonchev–Trinajstić information content (AvgIpc) is 2.72. The Kier molecular flexibility index (Phi) is 6.59. The highest BCUT2D eigenvalue weighted by Gasteiger charge is 2.25. The lowest BCUT2D eigenvalue weighted by atomic mass is 9.87. The van der Waals surface area contributed by atoms with E-state index in [2.05, 4.69) is 16.7 Å². The van der Waals surface area contributed by atoms with Gasteiger partial charge in [-0.2, -0.15) is 0 Å². The molecular weight excluding hydrogens is 375 g/mol. The molecular formula is C22H23FN2O4. The van der Waals surface area contributed by atoms with Crippen molar-refractivity contribution >= 4 is 17.8 Å². The molecule has 0 aliphatic heterocycles. The van der Waals surface area contributed by atoms with Crippen LogP contribution in [0.25, 0.3) is 0 Å². The molecule has 0 bridgehead atoms. The average molecular weight is 398 g/mol. The Morgan fingerprint density at radius 2 is 1.86 bits per heavy atom. The second-order valence-corrected chi connectivity index (χ2v) is 6.95. The van der Waals surface area contributed by atoms with Crippen LogP contribution in [-0.2, 0) is 20.7 Å². The third-order valence-corrected chi connectivity index (χ3v) is 4.88. The SMILES string of the molecule is C[C@@H](OC(=O)CNC(=O)c1ccccc1F)C(=O)N[C@H]1CCCc2ccccc21. The Hall–Kier alpha value is -3.22. The largest absolute Gasteiger partial charge is 0.451 e. The summed E-state index contributed by atoms with van der Waals surface area (Å²) in [5.74, 6) is -2.59. The van der Waals surface area contributed by atoms with E-state index in [-0.39, 0.29) is 11.6 Å². The van der Waals surface area contributed by atoms with Crippen molar-refractivity contribution in [1.29, 1.82) is 0 Å². The highest BCUT2D eigenvalue weighted by Crippen LogP contribution is 2.29. The van der Waals surface area contributed by atoms with Gasteiger partial charge in [-0.15, -0.1) is 0 Å². The van der Waals surface area contributed by atoms with E-state index in [1.165, 1.54) is 30.7 Å². The maximum Gasteiger partial charge on any atom is 0.326 e. The van der Waals surface area contributed by atoms with Crippen LogP contribution in [0.4, 0.5) is 4.39 Å². The molecule has 2 atom stereocenters. The monoisotopic (exact) mass is 398 g/mol. The zero-order valence-electron chi connectivity index (χ0n) is 16.1. The molecule has 0 aromatic heterocycles. The molecule has 29 heavy (non-hydrogen) atoms. The van der Waals surface area contributed by atoms with Crippen LogP contribution in [0.5, 0.6) is 0 Å². The number of esters is 1. The van der Waals surface area contributed by atoms with Crippen molar-refractivity contribution < 1.29 is 23.5 Å². The first kappa shape index (κ1) is 20.5. The molecule has 2 aromatic rings. The minimum absolute atomic E-state index is 0.116. The van der Waals surface area contributed by atoms with E-state index < -0.39 is 36.2 Å². The third kappa shape index (κ3) is 5.19. The standard InChI is InChI=1S/C22H23FN2O4/c1-14(21(27)25-19-12-6-8-15-7-2-3-9-16(15)19)29-20(26)13-24-22(28)17-10-4-5-11-18(17)23/h2-5,7,9-11,14,19H,6,8,12-13H2,1H3,(H,24,28)(H,25,27)/t14-,19+/m1/s1. The van der Waals surface area contributed by atoms with Gasteiger partial charge in [-0.3, -0.25) is 14.4 Å². The first-order chi connectivity index (χ1) is 14.0. The van der Waals surface area contributed by atoms with E-state index in [1.807, 2.05) is 18.2 Å². The number of halogens is 1. The third-order valence-electron chi connectivity index (χ3n) is 4.88. The summed E-state index contributed by atoms with van der Waals surface area (Å²) in [4.78, 5) is 36.3. The van der Waals surface area contributed by atoms with E-state index in [9.17, 15) is 18.8 Å². The van der Waals surface area contributed by atoms with Crippen LogP contribution in [-0.4, -0.2) is 30.4 Å². The van der Waals surface area contributed by atoms with Gasteiger partial charge in [0.05, 0.1) is 11.6 Å². The summed E-state index contributed by atoms with van der Waals surface area (Å²) in [6, 6.07) is 13.3. The van der Waals surface area contributed by atoms with E-state index >= 15 is 0 Å². The highest BCUT2D eigenvalue weighted by molar-refractivity contribution is 5.96. The first-order valence-electron chi connectivity index (χ1n) is 9.56. The Balaban J connectivity index is 1.49. The van der Waals surface area contributed by atoms with Crippen LogP contribution in [0, 0.1) is 5.82 Å². The molecule has 0 spiro atoms. The zero-order chi connectivity index (χ0) is 20.8. The summed E-state index contributed by atoms with van der Waals surface area (Å²) < 4.78 is 18.7. The zero-order valence-corrected chi connectivity index (χ0v) is 16.1. The Morgan fingerprint density at radius 3 is 2.66 bits per heavy atom. The van der Waals surface area contributed by atoms with Gasteiger partial charge in [-0.05, 0) is 49.4 Å². The van der Waals surface area contributed by atoms with Crippen LogP contribution in [0.15, 0.2) is 48.5 Å². The summed E-state index contributed by atoms with van der Waals surface area (Å²) in [5, 5.41) is 5.22. The molecule has 1 aliphatic rings. The normalized spacial score (nSPS) is 16.3. The number of carbonyl (C=O) groups excluding carboxylic acids is 3. The minimum Gasteiger partial charge on any atom is -0.451 e. The second-order valence-electron chi connectivity index (χ2n) is 6.95. The van der Waals surface area contributed by atoms with E-state index in [0.29, 0.717) is 0 Å². The predicted octanol–water partition coefficient (Wildman–Crippen LogP) is 2.68. The molecule has 0 saturated heterocycles. The van der Waals surface area contributed by atoms with Gasteiger partial charge in [0.2, 0.25) is 0 Å². The maximum atomic E-state index is 13.6. The number of aryl methyl sites for hydroxylation is 1. The number of nitrogens with one attached hydrogen (secondary N) is 2. The molecule has 3 rings (SSSR count). The Morgan fingerprint density at radius 1 is 1.14 bits per heavy atom. The molecule has 6 nitrogen and oxygen atoms in total. The lowest BCUT2D eigenvalue weighted by Gasteiger charge is -2.27. The first-order valence-corrected chi connectivity index (χ1v) is 9.56. The molecule has 0 radical (unpaired) electrons. The number of fused-ring (bicyclic) bond motifs is 1. The van der Waals surface area contributed by atoms with E-state index in [4.69, 9.17) is 4.74 Å². The number of hydrogen-bond acceptors (Lipinski definition) is 4. The fraction of sp³-hybridized carbons (Fsp3) is 0.318. The summed E-state index contributed by atoms with van der Waals surface area (Å²) in [5.41, 5.74) is 2.13. The molecule has 2 amide bonds. The second kappa shape index (κ2) is 9.32. The maximum absolute atomic E-state index is 13.6. The number of ether oxygens (including phenoxy) is 1. The molecule has 0 fully saturated rings. The fourth-order valence-corrected chi connectivity index (χ4v) is 3.38. The number of hydrogen-bond donors (Lipinski definition) is 2. The van der Waals surface area contributed by atoms with Crippen LogP contribution in [0.3, 0.4) is 0 Å². The van der Waals surface area contributed by atoms with Crippen LogP contribution >= 0.6 is 0 Å². The van der Waals surface area contributed by atoms with Crippen molar-refractivity contribution in [2.75, 3.05) is 6.54 Å². The lowest BCUT2D eigenvalue weighted by molar-refractivity contribution is -0.154. The quantitative estimate of drug-likeness (QED) is 0.733. The predicted molar refractivity (Wildman–Crippen MR) is 105 cm³/mol. The van der Waals surface area contributed by atoms with E-state index in [1.54, 1.807) is 0 Å². The number of amides is 2. The summed E-state index contributed by atoms with van der Waals surface area (Å²) in [7, 11) is 0. The Bertz CT molecular complexity index is 915. The van der Waals surface area contributed by atoms with Crippen molar-refractivity contribution in [3.8, 4) is 0 Å². The van der Waals surface area contributed by atoms with Gasteiger partial charge >= 0.3 is 5.97 Å². The van der Waals surface area contributed by atoms with Crippen LogP contribution in [0.2, 0.25) is 0 Å². The molecule has 0 saturated carbocycles. The Labute approximate surface area is 168 Å². The van der Waals surface area contributed by atoms with Crippen molar-refractivity contribution in [2.45, 2.75) is 38.3 Å². The van der Waals surface area contributed by atoms with Gasteiger partial charge in [-0.1, -0.05) is 36.4 Å². The van der Waals surface area contributed by atoms with E-state index in [0.717, 1.165) is 30.9 Å². The number of rotatable bonds is 6. The van der Waals surface area contributed by atoms with Gasteiger partial charge < -0.3 is 15.4 Å². The van der Waals surface area contributed by atoms with Crippen LogP contribution in [0.1, 0.15) is 47.3 Å². The van der Waals surface area contributed by atoms with Crippen LogP contribution < -0.4 is 10.6 Å². The summed E-state index contributed by atoms with van der Waals surface area (Å²) in [6.45, 7) is 1.01. The molecule has 0 heterocycles. The fourth-order valence-electron chi connectivity index (χ4n) is 3.38. The molecule has 2 aromatic carbocycles. The molecule has 152 valence electrons. The minimum atomic E-state index is -1.01. The number of benzene rings is 2. The molecule has 2 N–H and O–H groups in total. The van der Waals surface area contributed by atoms with Gasteiger partial charge in [0.15, 0.2) is 6.10 Å². The van der Waals surface area contributed by atoms with Crippen molar-refractivity contribution in [3.05, 3.63) is 71.0 Å². The van der Waals surface area contributed by atoms with Gasteiger partial charge in [0, 0.05) is 0 Å². The van der Waals surface area contributed by atoms with Gasteiger partial charge in [0.1, 0.15) is 12.4 Å². The highest BCUT2D eigenvalue weighted by atomic mass is 19.1. The molecule has 1 aliphatic carbocycles. The number of carbonyl (C=O) groups is 3. The topological polar surface area (TPSA) is 84.5 Å². The smallest absolute Gasteiger partial charge is 0.326 e. The van der Waals surface area contributed by atoms with Crippen molar-refractivity contribution in [1.82, 2.24) is 10.6 Å². The summed E-state index contributed by atoms with van der Waals surface area (Å²) in [6.07, 6.45) is 1.76. The van der Waals surface area contributed by atoms with Gasteiger partial charge in [0.25, 0.3) is 11.8 Å². The van der Waals surface area contributed by atoms with Gasteiger partial charge in [-0.25, -0.2) is 4.39 Å². The molecule has 0 unspecified atom stereocenters. The summed E-state index contributed by atoms with van der Waals surface area (Å²) >= 11 is 0. The van der Waals surface area contributed by atoms with Crippen molar-refractivity contribution in [2.24, 2.45) is 0 Å².